The highest BCUT2D eigenvalue weighted by molar-refractivity contribution is 5.89. The van der Waals surface area contributed by atoms with Gasteiger partial charge in [-0.2, -0.15) is 0 Å². The summed E-state index contributed by atoms with van der Waals surface area (Å²) in [4.78, 5) is 11.8. The summed E-state index contributed by atoms with van der Waals surface area (Å²) >= 11 is 0. The Labute approximate surface area is 123 Å². The van der Waals surface area contributed by atoms with Crippen LogP contribution in [0.15, 0.2) is 28.7 Å². The van der Waals surface area contributed by atoms with E-state index in [9.17, 15) is 4.79 Å². The Morgan fingerprint density at radius 1 is 1.29 bits per heavy atom. The maximum absolute atomic E-state index is 11.8. The topological polar surface area (TPSA) is 77.2 Å². The Balaban J connectivity index is 2.01. The lowest BCUT2D eigenvalue weighted by Crippen LogP contribution is -2.25. The molecule has 0 fully saturated rings. The van der Waals surface area contributed by atoms with Crippen molar-refractivity contribution in [3.05, 3.63) is 30.2 Å². The Morgan fingerprint density at radius 2 is 2.00 bits per heavy atom. The molecule has 0 unspecified atom stereocenters. The molecule has 0 spiro atoms. The zero-order valence-electron chi connectivity index (χ0n) is 12.4. The first-order chi connectivity index (χ1) is 10.1. The van der Waals surface area contributed by atoms with Crippen LogP contribution in [0.4, 0.5) is 0 Å². The van der Waals surface area contributed by atoms with Crippen LogP contribution in [-0.4, -0.2) is 29.8 Å². The summed E-state index contributed by atoms with van der Waals surface area (Å²) in [6.45, 7) is 4.79. The fourth-order valence-corrected chi connectivity index (χ4v) is 1.72. The summed E-state index contributed by atoms with van der Waals surface area (Å²) in [5.74, 6) is 1.21. The molecule has 1 aromatic heterocycles. The van der Waals surface area contributed by atoms with E-state index in [1.807, 2.05) is 0 Å². The first-order valence-corrected chi connectivity index (χ1v) is 6.86. The van der Waals surface area contributed by atoms with Crippen LogP contribution in [0.2, 0.25) is 0 Å². The maximum Gasteiger partial charge on any atom is 0.308 e. The number of hydrogen-bond acceptors (Lipinski definition) is 5. The predicted molar refractivity (Wildman–Crippen MR) is 78.1 cm³/mol. The summed E-state index contributed by atoms with van der Waals surface area (Å²) in [6, 6.07) is 7.18. The number of carbonyl (C=O) groups excluding carboxylic acids is 1. The number of carbonyl (C=O) groups is 1. The van der Waals surface area contributed by atoms with Gasteiger partial charge < -0.3 is 14.5 Å². The molecule has 1 amide bonds. The standard InChI is InChI=1S/C15H19N3O3/c1-10(2)8-9-16-13(19)15-18-17-14(21-15)11-4-6-12(20-3)7-5-11/h4-7,10H,8-9H2,1-3H3,(H,16,19). The molecule has 2 rings (SSSR count). The number of ether oxygens (including phenoxy) is 1. The van der Waals surface area contributed by atoms with Gasteiger partial charge >= 0.3 is 11.8 Å². The molecule has 0 saturated carbocycles. The maximum atomic E-state index is 11.8. The number of benzene rings is 1. The smallest absolute Gasteiger partial charge is 0.308 e. The number of methoxy groups -OCH3 is 1. The van der Waals surface area contributed by atoms with Crippen LogP contribution in [0.25, 0.3) is 11.5 Å². The molecule has 0 saturated heterocycles. The SMILES string of the molecule is COc1ccc(-c2nnc(C(=O)NCCC(C)C)o2)cc1. The third-order valence-electron chi connectivity index (χ3n) is 2.96. The zero-order chi connectivity index (χ0) is 15.2. The number of aromatic nitrogens is 2. The highest BCUT2D eigenvalue weighted by Gasteiger charge is 2.15. The molecule has 0 aliphatic carbocycles. The lowest BCUT2D eigenvalue weighted by atomic mass is 10.1. The molecule has 112 valence electrons. The van der Waals surface area contributed by atoms with Gasteiger partial charge in [0.25, 0.3) is 0 Å². The third-order valence-corrected chi connectivity index (χ3v) is 2.96. The average Bonchev–Trinajstić information content (AvgIpc) is 2.97. The van der Waals surface area contributed by atoms with E-state index < -0.39 is 0 Å². The Morgan fingerprint density at radius 3 is 2.62 bits per heavy atom. The summed E-state index contributed by atoms with van der Waals surface area (Å²) in [5.41, 5.74) is 0.740. The molecule has 0 radical (unpaired) electrons. The van der Waals surface area contributed by atoms with Gasteiger partial charge in [0, 0.05) is 12.1 Å². The number of nitrogens with one attached hydrogen (secondary N) is 1. The molecule has 0 atom stereocenters. The molecule has 1 N–H and O–H groups in total. The van der Waals surface area contributed by atoms with Gasteiger partial charge in [-0.05, 0) is 36.6 Å². The molecule has 1 aromatic carbocycles. The van der Waals surface area contributed by atoms with E-state index in [1.54, 1.807) is 31.4 Å². The fourth-order valence-electron chi connectivity index (χ4n) is 1.72. The van der Waals surface area contributed by atoms with Crippen LogP contribution in [-0.2, 0) is 0 Å². The summed E-state index contributed by atoms with van der Waals surface area (Å²) in [6.07, 6.45) is 0.908. The van der Waals surface area contributed by atoms with E-state index in [0.29, 0.717) is 18.4 Å². The zero-order valence-corrected chi connectivity index (χ0v) is 12.4. The molecule has 6 nitrogen and oxygen atoms in total. The van der Waals surface area contributed by atoms with E-state index in [4.69, 9.17) is 9.15 Å². The molecule has 21 heavy (non-hydrogen) atoms. The summed E-state index contributed by atoms with van der Waals surface area (Å²) in [5, 5.41) is 10.4. The van der Waals surface area contributed by atoms with Gasteiger partial charge in [-0.3, -0.25) is 4.79 Å². The van der Waals surface area contributed by atoms with Crippen molar-refractivity contribution >= 4 is 5.91 Å². The van der Waals surface area contributed by atoms with Gasteiger partial charge in [0.15, 0.2) is 0 Å². The van der Waals surface area contributed by atoms with Crippen molar-refractivity contribution in [1.29, 1.82) is 0 Å². The Hall–Kier alpha value is -2.37. The minimum atomic E-state index is -0.345. The number of amides is 1. The van der Waals surface area contributed by atoms with Gasteiger partial charge in [0.1, 0.15) is 5.75 Å². The first kappa shape index (κ1) is 15.0. The van der Waals surface area contributed by atoms with E-state index in [2.05, 4.69) is 29.4 Å². The molecule has 0 aliphatic heterocycles. The first-order valence-electron chi connectivity index (χ1n) is 6.86. The van der Waals surface area contributed by atoms with Crippen molar-refractivity contribution in [3.63, 3.8) is 0 Å². The van der Waals surface area contributed by atoms with Crippen LogP contribution in [0.1, 0.15) is 31.0 Å². The summed E-state index contributed by atoms with van der Waals surface area (Å²) < 4.78 is 10.5. The monoisotopic (exact) mass is 289 g/mol. The van der Waals surface area contributed by atoms with Crippen molar-refractivity contribution in [2.24, 2.45) is 5.92 Å². The van der Waals surface area contributed by atoms with Crippen molar-refractivity contribution < 1.29 is 13.9 Å². The second-order valence-corrected chi connectivity index (χ2v) is 5.08. The lowest BCUT2D eigenvalue weighted by Gasteiger charge is -2.04. The van der Waals surface area contributed by atoms with Crippen LogP contribution in [0.5, 0.6) is 5.75 Å². The van der Waals surface area contributed by atoms with E-state index in [1.165, 1.54) is 0 Å². The minimum absolute atomic E-state index is 0.0235. The van der Waals surface area contributed by atoms with Crippen LogP contribution in [0, 0.1) is 5.92 Å². The molecule has 6 heteroatoms. The second-order valence-electron chi connectivity index (χ2n) is 5.08. The second kappa shape index (κ2) is 6.88. The van der Waals surface area contributed by atoms with Gasteiger partial charge in [-0.25, -0.2) is 0 Å². The van der Waals surface area contributed by atoms with Gasteiger partial charge in [0.05, 0.1) is 7.11 Å². The van der Waals surface area contributed by atoms with E-state index >= 15 is 0 Å². The van der Waals surface area contributed by atoms with Crippen molar-refractivity contribution in [1.82, 2.24) is 15.5 Å². The lowest BCUT2D eigenvalue weighted by molar-refractivity contribution is 0.0918. The average molecular weight is 289 g/mol. The number of hydrogen-bond donors (Lipinski definition) is 1. The largest absolute Gasteiger partial charge is 0.497 e. The van der Waals surface area contributed by atoms with Crippen molar-refractivity contribution in [2.45, 2.75) is 20.3 Å². The van der Waals surface area contributed by atoms with Gasteiger partial charge in [-0.1, -0.05) is 13.8 Å². The summed E-state index contributed by atoms with van der Waals surface area (Å²) in [7, 11) is 1.60. The molecule has 0 aliphatic rings. The van der Waals surface area contributed by atoms with E-state index in [0.717, 1.165) is 17.7 Å². The minimum Gasteiger partial charge on any atom is -0.497 e. The van der Waals surface area contributed by atoms with Gasteiger partial charge in [0.2, 0.25) is 5.89 Å². The third kappa shape index (κ3) is 4.05. The normalized spacial score (nSPS) is 10.7. The van der Waals surface area contributed by atoms with Crippen LogP contribution in [0.3, 0.4) is 0 Å². The molecular formula is C15H19N3O3. The van der Waals surface area contributed by atoms with Crippen molar-refractivity contribution in [2.75, 3.05) is 13.7 Å². The highest BCUT2D eigenvalue weighted by atomic mass is 16.5. The van der Waals surface area contributed by atoms with Crippen LogP contribution >= 0.6 is 0 Å². The molecule has 2 aromatic rings. The Kier molecular flexibility index (Phi) is 4.92. The van der Waals surface area contributed by atoms with Gasteiger partial charge in [-0.15, -0.1) is 10.2 Å². The Bertz CT molecular complexity index is 590. The molecule has 0 bridgehead atoms. The quantitative estimate of drug-likeness (QED) is 0.884. The van der Waals surface area contributed by atoms with E-state index in [-0.39, 0.29) is 11.8 Å². The number of rotatable bonds is 6. The van der Waals surface area contributed by atoms with Crippen LogP contribution < -0.4 is 10.1 Å². The fraction of sp³-hybridized carbons (Fsp3) is 0.400. The molecule has 1 heterocycles. The molecular weight excluding hydrogens is 270 g/mol. The van der Waals surface area contributed by atoms with Crippen molar-refractivity contribution in [3.8, 4) is 17.2 Å². The predicted octanol–water partition coefficient (Wildman–Crippen LogP) is 2.52. The number of nitrogens with zero attached hydrogens (tertiary/aromatic N) is 2. The highest BCUT2D eigenvalue weighted by Crippen LogP contribution is 2.21.